The van der Waals surface area contributed by atoms with Crippen LogP contribution < -0.4 is 9.46 Å². The lowest BCUT2D eigenvalue weighted by atomic mass is 10.1. The molecule has 0 radical (unpaired) electrons. The number of rotatable bonds is 8. The molecule has 2 aromatic rings. The zero-order valence-corrected chi connectivity index (χ0v) is 19.2. The topological polar surface area (TPSA) is 105 Å². The number of nitrogens with zero attached hydrogens (tertiary/aromatic N) is 3. The quantitative estimate of drug-likeness (QED) is 0.647. The summed E-state index contributed by atoms with van der Waals surface area (Å²) in [5, 5.41) is 3.68. The highest BCUT2D eigenvalue weighted by atomic mass is 32.2. The molecule has 1 amide bonds. The number of sulfonamides is 1. The van der Waals surface area contributed by atoms with E-state index in [1.165, 1.54) is 12.5 Å². The van der Waals surface area contributed by atoms with Gasteiger partial charge in [-0.15, -0.1) is 0 Å². The van der Waals surface area contributed by atoms with Crippen LogP contribution in [0.3, 0.4) is 0 Å². The van der Waals surface area contributed by atoms with Gasteiger partial charge in [0, 0.05) is 32.7 Å². The number of hydrogen-bond acceptors (Lipinski definition) is 7. The minimum absolute atomic E-state index is 0.00417. The number of carbonyl (C=O) groups excluding carboxylic acids is 1. The normalized spacial score (nSPS) is 16.3. The van der Waals surface area contributed by atoms with Crippen molar-refractivity contribution in [3.05, 3.63) is 41.3 Å². The molecule has 1 atom stereocenters. The Bertz CT molecular complexity index is 976. The maximum absolute atomic E-state index is 12.8. The molecule has 0 saturated carbocycles. The van der Waals surface area contributed by atoms with E-state index in [-0.39, 0.29) is 22.3 Å². The first-order valence-electron chi connectivity index (χ1n) is 10.3. The minimum Gasteiger partial charge on any atom is -0.497 e. The van der Waals surface area contributed by atoms with Crippen LogP contribution in [0.4, 0.5) is 0 Å². The van der Waals surface area contributed by atoms with Crippen molar-refractivity contribution in [3.8, 4) is 5.75 Å². The molecule has 0 spiro atoms. The lowest BCUT2D eigenvalue weighted by molar-refractivity contribution is -0.134. The SMILES string of the molecule is COc1ccc(CCN2CCN(C(=O)[C@H](C)NS(=O)(=O)c3c(C)noc3C)CC2)cc1. The first-order chi connectivity index (χ1) is 14.7. The van der Waals surface area contributed by atoms with Crippen molar-refractivity contribution in [2.75, 3.05) is 39.8 Å². The summed E-state index contributed by atoms with van der Waals surface area (Å²) in [5.41, 5.74) is 1.51. The predicted molar refractivity (Wildman–Crippen MR) is 115 cm³/mol. The van der Waals surface area contributed by atoms with Crippen LogP contribution in [-0.2, 0) is 21.2 Å². The Labute approximate surface area is 183 Å². The lowest BCUT2D eigenvalue weighted by Gasteiger charge is -2.36. The van der Waals surface area contributed by atoms with Gasteiger partial charge in [-0.25, -0.2) is 8.42 Å². The zero-order valence-electron chi connectivity index (χ0n) is 18.4. The molecule has 1 aromatic carbocycles. The summed E-state index contributed by atoms with van der Waals surface area (Å²) in [6.45, 7) is 8.21. The number of amides is 1. The number of piperazine rings is 1. The van der Waals surface area contributed by atoms with Gasteiger partial charge in [-0.2, -0.15) is 4.72 Å². The molecular weight excluding hydrogens is 420 g/mol. The molecule has 3 rings (SSSR count). The molecule has 0 aliphatic carbocycles. The van der Waals surface area contributed by atoms with E-state index >= 15 is 0 Å². The zero-order chi connectivity index (χ0) is 22.6. The van der Waals surface area contributed by atoms with Crippen molar-refractivity contribution in [1.82, 2.24) is 19.7 Å². The maximum Gasteiger partial charge on any atom is 0.246 e. The molecule has 1 aliphatic rings. The Morgan fingerprint density at radius 3 is 2.39 bits per heavy atom. The lowest BCUT2D eigenvalue weighted by Crippen LogP contribution is -2.54. The molecule has 1 fully saturated rings. The van der Waals surface area contributed by atoms with Gasteiger partial charge in [0.05, 0.1) is 13.2 Å². The van der Waals surface area contributed by atoms with E-state index in [2.05, 4.69) is 26.9 Å². The van der Waals surface area contributed by atoms with Crippen molar-refractivity contribution < 1.29 is 22.5 Å². The van der Waals surface area contributed by atoms with Crippen molar-refractivity contribution in [2.45, 2.75) is 38.1 Å². The van der Waals surface area contributed by atoms with Crippen molar-refractivity contribution in [1.29, 1.82) is 0 Å². The molecule has 0 bridgehead atoms. The molecule has 0 unspecified atom stereocenters. The molecule has 2 heterocycles. The largest absolute Gasteiger partial charge is 0.497 e. The van der Waals surface area contributed by atoms with Gasteiger partial charge in [-0.1, -0.05) is 17.3 Å². The molecule has 31 heavy (non-hydrogen) atoms. The second kappa shape index (κ2) is 9.80. The van der Waals surface area contributed by atoms with Crippen molar-refractivity contribution in [3.63, 3.8) is 0 Å². The van der Waals surface area contributed by atoms with Crippen LogP contribution in [-0.4, -0.2) is 75.2 Å². The third kappa shape index (κ3) is 5.63. The third-order valence-corrected chi connectivity index (χ3v) is 7.28. The average molecular weight is 451 g/mol. The fourth-order valence-corrected chi connectivity index (χ4v) is 5.27. The second-order valence-electron chi connectivity index (χ2n) is 7.76. The number of aromatic nitrogens is 1. The number of ether oxygens (including phenoxy) is 1. The van der Waals surface area contributed by atoms with E-state index in [9.17, 15) is 13.2 Å². The van der Waals surface area contributed by atoms with Crippen LogP contribution in [0.5, 0.6) is 5.75 Å². The summed E-state index contributed by atoms with van der Waals surface area (Å²) in [7, 11) is -2.24. The minimum atomic E-state index is -3.89. The molecule has 1 N–H and O–H groups in total. The van der Waals surface area contributed by atoms with Gasteiger partial charge < -0.3 is 14.2 Å². The number of carbonyl (C=O) groups is 1. The Balaban J connectivity index is 1.49. The van der Waals surface area contributed by atoms with Crippen LogP contribution in [0.1, 0.15) is 23.9 Å². The first kappa shape index (κ1) is 23.2. The van der Waals surface area contributed by atoms with Crippen molar-refractivity contribution in [2.24, 2.45) is 0 Å². The van der Waals surface area contributed by atoms with E-state index in [1.807, 2.05) is 12.1 Å². The third-order valence-electron chi connectivity index (χ3n) is 5.50. The highest BCUT2D eigenvalue weighted by Gasteiger charge is 2.31. The molecule has 1 saturated heterocycles. The maximum atomic E-state index is 12.8. The van der Waals surface area contributed by atoms with Gasteiger partial charge >= 0.3 is 0 Å². The number of methoxy groups -OCH3 is 1. The number of benzene rings is 1. The van der Waals surface area contributed by atoms with E-state index in [4.69, 9.17) is 9.26 Å². The van der Waals surface area contributed by atoms with Crippen LogP contribution in [0.25, 0.3) is 0 Å². The Kier molecular flexibility index (Phi) is 7.34. The van der Waals surface area contributed by atoms with Crippen LogP contribution in [0, 0.1) is 13.8 Å². The fourth-order valence-electron chi connectivity index (χ4n) is 3.75. The number of nitrogens with one attached hydrogen (secondary N) is 1. The van der Waals surface area contributed by atoms with Gasteiger partial charge in [0.1, 0.15) is 16.3 Å². The summed E-state index contributed by atoms with van der Waals surface area (Å²) in [6, 6.07) is 7.16. The van der Waals surface area contributed by atoms with Gasteiger partial charge in [-0.3, -0.25) is 9.69 Å². The van der Waals surface area contributed by atoms with Crippen LogP contribution in [0.2, 0.25) is 0 Å². The summed E-state index contributed by atoms with van der Waals surface area (Å²) in [6.07, 6.45) is 0.922. The van der Waals surface area contributed by atoms with Crippen LogP contribution >= 0.6 is 0 Å². The van der Waals surface area contributed by atoms with Gasteiger partial charge in [-0.05, 0) is 44.9 Å². The fraction of sp³-hybridized carbons (Fsp3) is 0.524. The predicted octanol–water partition coefficient (Wildman–Crippen LogP) is 1.35. The Morgan fingerprint density at radius 2 is 1.84 bits per heavy atom. The van der Waals surface area contributed by atoms with E-state index in [0.29, 0.717) is 13.1 Å². The van der Waals surface area contributed by atoms with Gasteiger partial charge in [0.15, 0.2) is 5.76 Å². The number of aryl methyl sites for hydroxylation is 2. The molecule has 1 aliphatic heterocycles. The Hall–Kier alpha value is -2.43. The van der Waals surface area contributed by atoms with Crippen molar-refractivity contribution >= 4 is 15.9 Å². The molecule has 170 valence electrons. The molecular formula is C21H30N4O5S. The highest BCUT2D eigenvalue weighted by molar-refractivity contribution is 7.89. The summed E-state index contributed by atoms with van der Waals surface area (Å²) in [4.78, 5) is 16.8. The Morgan fingerprint density at radius 1 is 1.19 bits per heavy atom. The van der Waals surface area contributed by atoms with E-state index in [0.717, 1.165) is 31.8 Å². The highest BCUT2D eigenvalue weighted by Crippen LogP contribution is 2.19. The van der Waals surface area contributed by atoms with E-state index in [1.54, 1.807) is 25.9 Å². The summed E-state index contributed by atoms with van der Waals surface area (Å²) < 4.78 is 37.9. The number of hydrogen-bond donors (Lipinski definition) is 1. The van der Waals surface area contributed by atoms with Gasteiger partial charge in [0.2, 0.25) is 15.9 Å². The second-order valence-corrected chi connectivity index (χ2v) is 9.41. The summed E-state index contributed by atoms with van der Waals surface area (Å²) in [5.74, 6) is 0.815. The standard InChI is InChI=1S/C21H30N4O5S/c1-15-20(17(3)30-22-15)31(27,28)23-16(2)21(26)25-13-11-24(12-14-25)10-9-18-5-7-19(29-4)8-6-18/h5-8,16,23H,9-14H2,1-4H3/t16-/m0/s1. The first-order valence-corrected chi connectivity index (χ1v) is 11.8. The average Bonchev–Trinajstić information content (AvgIpc) is 3.11. The van der Waals surface area contributed by atoms with Gasteiger partial charge in [0.25, 0.3) is 0 Å². The van der Waals surface area contributed by atoms with E-state index < -0.39 is 16.1 Å². The monoisotopic (exact) mass is 450 g/mol. The smallest absolute Gasteiger partial charge is 0.246 e. The molecule has 1 aromatic heterocycles. The van der Waals surface area contributed by atoms with Crippen LogP contribution in [0.15, 0.2) is 33.7 Å². The molecule has 10 heteroatoms. The summed E-state index contributed by atoms with van der Waals surface area (Å²) >= 11 is 0. The molecule has 9 nitrogen and oxygen atoms in total.